The predicted octanol–water partition coefficient (Wildman–Crippen LogP) is 3.09. The lowest BCUT2D eigenvalue weighted by atomic mass is 10.1. The third-order valence-electron chi connectivity index (χ3n) is 4.88. The maximum atomic E-state index is 13.3. The molecule has 0 saturated heterocycles. The average molecular weight is 480 g/mol. The molecule has 1 atom stereocenters. The van der Waals surface area contributed by atoms with Gasteiger partial charge in [0, 0.05) is 12.6 Å². The fourth-order valence-electron chi connectivity index (χ4n) is 3.22. The molecule has 0 bridgehead atoms. The van der Waals surface area contributed by atoms with E-state index in [1.54, 1.807) is 31.2 Å². The van der Waals surface area contributed by atoms with E-state index >= 15 is 0 Å². The van der Waals surface area contributed by atoms with Gasteiger partial charge in [0.1, 0.15) is 12.6 Å². The molecule has 0 radical (unpaired) electrons. The molecule has 2 aromatic carbocycles. The van der Waals surface area contributed by atoms with Crippen LogP contribution >= 0.6 is 11.6 Å². The van der Waals surface area contributed by atoms with E-state index in [0.29, 0.717) is 6.42 Å². The molecule has 1 N–H and O–H groups in total. The van der Waals surface area contributed by atoms with Crippen LogP contribution in [-0.2, 0) is 26.0 Å². The van der Waals surface area contributed by atoms with E-state index in [0.717, 1.165) is 16.1 Å². The Morgan fingerprint density at radius 1 is 1.00 bits per heavy atom. The smallest absolute Gasteiger partial charge is 0.244 e. The lowest BCUT2D eigenvalue weighted by Gasteiger charge is -2.32. The number of amides is 2. The van der Waals surface area contributed by atoms with Crippen LogP contribution in [-0.4, -0.2) is 56.6 Å². The van der Waals surface area contributed by atoms with Gasteiger partial charge in [-0.05, 0) is 44.9 Å². The predicted molar refractivity (Wildman–Crippen MR) is 128 cm³/mol. The van der Waals surface area contributed by atoms with Crippen molar-refractivity contribution in [1.29, 1.82) is 0 Å². The minimum Gasteiger partial charge on any atom is -0.352 e. The van der Waals surface area contributed by atoms with Gasteiger partial charge >= 0.3 is 0 Å². The Labute approximate surface area is 195 Å². The van der Waals surface area contributed by atoms with Crippen LogP contribution in [0.5, 0.6) is 0 Å². The number of para-hydroxylation sites is 1. The summed E-state index contributed by atoms with van der Waals surface area (Å²) in [5.41, 5.74) is 1.22. The Morgan fingerprint density at radius 3 is 2.16 bits per heavy atom. The molecule has 0 aliphatic rings. The minimum absolute atomic E-state index is 0.0910. The molecule has 0 aliphatic carbocycles. The summed E-state index contributed by atoms with van der Waals surface area (Å²) >= 11 is 6.20. The van der Waals surface area contributed by atoms with E-state index in [1.807, 2.05) is 44.2 Å². The minimum atomic E-state index is -3.80. The van der Waals surface area contributed by atoms with Crippen LogP contribution in [0.1, 0.15) is 26.3 Å². The molecule has 0 aliphatic heterocycles. The third-order valence-corrected chi connectivity index (χ3v) is 6.33. The highest BCUT2D eigenvalue weighted by atomic mass is 35.5. The summed E-state index contributed by atoms with van der Waals surface area (Å²) in [7, 11) is -3.80. The first-order valence-corrected chi connectivity index (χ1v) is 12.6. The summed E-state index contributed by atoms with van der Waals surface area (Å²) in [6, 6.07) is 15.1. The molecule has 2 rings (SSSR count). The first kappa shape index (κ1) is 25.7. The SMILES string of the molecule is CC(C)NC(=O)[C@H](C)N(CCc1ccccc1)C(=O)CN(c1ccccc1Cl)S(C)(=O)=O. The number of benzene rings is 2. The van der Waals surface area contributed by atoms with Gasteiger partial charge in [-0.2, -0.15) is 0 Å². The highest BCUT2D eigenvalue weighted by molar-refractivity contribution is 7.92. The maximum absolute atomic E-state index is 13.3. The van der Waals surface area contributed by atoms with Gasteiger partial charge in [0.15, 0.2) is 0 Å². The fourth-order valence-corrected chi connectivity index (χ4v) is 4.37. The molecule has 174 valence electrons. The Morgan fingerprint density at radius 2 is 1.59 bits per heavy atom. The van der Waals surface area contributed by atoms with Crippen LogP contribution in [0, 0.1) is 0 Å². The van der Waals surface area contributed by atoms with Gasteiger partial charge in [0.05, 0.1) is 17.0 Å². The van der Waals surface area contributed by atoms with Gasteiger partial charge in [0.2, 0.25) is 21.8 Å². The largest absolute Gasteiger partial charge is 0.352 e. The number of nitrogens with zero attached hydrogens (tertiary/aromatic N) is 2. The monoisotopic (exact) mass is 479 g/mol. The molecule has 7 nitrogen and oxygen atoms in total. The van der Waals surface area contributed by atoms with Gasteiger partial charge in [-0.25, -0.2) is 8.42 Å². The fraction of sp³-hybridized carbons (Fsp3) is 0.391. The average Bonchev–Trinajstić information content (AvgIpc) is 2.72. The maximum Gasteiger partial charge on any atom is 0.244 e. The molecule has 0 heterocycles. The van der Waals surface area contributed by atoms with Crippen molar-refractivity contribution in [3.05, 3.63) is 65.2 Å². The lowest BCUT2D eigenvalue weighted by Crippen LogP contribution is -2.53. The Balaban J connectivity index is 2.32. The van der Waals surface area contributed by atoms with E-state index in [9.17, 15) is 18.0 Å². The Hall–Kier alpha value is -2.58. The van der Waals surface area contributed by atoms with Crippen molar-refractivity contribution in [1.82, 2.24) is 10.2 Å². The summed E-state index contributed by atoms with van der Waals surface area (Å²) in [5.74, 6) is -0.789. The van der Waals surface area contributed by atoms with Gasteiger partial charge in [0.25, 0.3) is 0 Å². The van der Waals surface area contributed by atoms with Crippen LogP contribution in [0.2, 0.25) is 5.02 Å². The number of rotatable bonds is 10. The molecular formula is C23H30ClN3O4S. The Kier molecular flexibility index (Phi) is 9.09. The summed E-state index contributed by atoms with van der Waals surface area (Å²) in [6.07, 6.45) is 1.55. The van der Waals surface area contributed by atoms with Crippen molar-refractivity contribution in [2.24, 2.45) is 0 Å². The molecule has 2 aromatic rings. The number of anilines is 1. The van der Waals surface area contributed by atoms with Crippen molar-refractivity contribution in [2.45, 2.75) is 39.3 Å². The molecule has 0 fully saturated rings. The molecule has 0 saturated carbocycles. The van der Waals surface area contributed by atoms with Gasteiger partial charge in [-0.15, -0.1) is 0 Å². The molecule has 2 amide bonds. The van der Waals surface area contributed by atoms with Crippen LogP contribution in [0.3, 0.4) is 0 Å². The van der Waals surface area contributed by atoms with Gasteiger partial charge in [-0.3, -0.25) is 13.9 Å². The van der Waals surface area contributed by atoms with E-state index in [2.05, 4.69) is 5.32 Å². The van der Waals surface area contributed by atoms with Crippen LogP contribution in [0.4, 0.5) is 5.69 Å². The molecule has 0 spiro atoms. The summed E-state index contributed by atoms with van der Waals surface area (Å²) in [6.45, 7) is 5.11. The van der Waals surface area contributed by atoms with E-state index in [-0.39, 0.29) is 29.2 Å². The second-order valence-corrected chi connectivity index (χ2v) is 10.2. The van der Waals surface area contributed by atoms with Crippen molar-refractivity contribution in [3.63, 3.8) is 0 Å². The van der Waals surface area contributed by atoms with Crippen molar-refractivity contribution in [3.8, 4) is 0 Å². The zero-order chi connectivity index (χ0) is 23.9. The Bertz CT molecular complexity index is 1030. The molecule has 9 heteroatoms. The first-order chi connectivity index (χ1) is 15.0. The van der Waals surface area contributed by atoms with Crippen molar-refractivity contribution in [2.75, 3.05) is 23.7 Å². The molecule has 0 aromatic heterocycles. The quantitative estimate of drug-likeness (QED) is 0.567. The number of halogens is 1. The van der Waals surface area contributed by atoms with Gasteiger partial charge in [-0.1, -0.05) is 54.1 Å². The summed E-state index contributed by atoms with van der Waals surface area (Å²) in [4.78, 5) is 27.4. The second kappa shape index (κ2) is 11.3. The van der Waals surface area contributed by atoms with Crippen molar-refractivity contribution >= 4 is 39.1 Å². The highest BCUT2D eigenvalue weighted by Crippen LogP contribution is 2.27. The van der Waals surface area contributed by atoms with Crippen LogP contribution < -0.4 is 9.62 Å². The van der Waals surface area contributed by atoms with Gasteiger partial charge < -0.3 is 10.2 Å². The normalized spacial score (nSPS) is 12.3. The number of sulfonamides is 1. The van der Waals surface area contributed by atoms with E-state index in [4.69, 9.17) is 11.6 Å². The molecular weight excluding hydrogens is 450 g/mol. The van der Waals surface area contributed by atoms with E-state index < -0.39 is 28.5 Å². The standard InChI is InChI=1S/C23H30ClN3O4S/c1-17(2)25-23(29)18(3)26(15-14-19-10-6-5-7-11-19)22(28)16-27(32(4,30)31)21-13-9-8-12-20(21)24/h5-13,17-18H,14-16H2,1-4H3,(H,25,29)/t18-/m0/s1. The number of nitrogens with one attached hydrogen (secondary N) is 1. The van der Waals surface area contributed by atoms with Crippen molar-refractivity contribution < 1.29 is 18.0 Å². The number of hydrogen-bond donors (Lipinski definition) is 1. The summed E-state index contributed by atoms with van der Waals surface area (Å²) in [5, 5.41) is 3.03. The van der Waals surface area contributed by atoms with E-state index in [1.165, 1.54) is 4.90 Å². The number of carbonyl (C=O) groups is 2. The topological polar surface area (TPSA) is 86.8 Å². The van der Waals surface area contributed by atoms with Crippen LogP contribution in [0.25, 0.3) is 0 Å². The van der Waals surface area contributed by atoms with Crippen LogP contribution in [0.15, 0.2) is 54.6 Å². The highest BCUT2D eigenvalue weighted by Gasteiger charge is 2.30. The third kappa shape index (κ3) is 7.24. The number of hydrogen-bond acceptors (Lipinski definition) is 4. The molecule has 32 heavy (non-hydrogen) atoms. The second-order valence-electron chi connectivity index (χ2n) is 7.88. The first-order valence-electron chi connectivity index (χ1n) is 10.4. The molecule has 0 unspecified atom stereocenters. The zero-order valence-corrected chi connectivity index (χ0v) is 20.4. The lowest BCUT2D eigenvalue weighted by molar-refractivity contribution is -0.139. The summed E-state index contributed by atoms with van der Waals surface area (Å²) < 4.78 is 25.9. The number of carbonyl (C=O) groups excluding carboxylic acids is 2. The zero-order valence-electron chi connectivity index (χ0n) is 18.8.